The Bertz CT molecular complexity index is 1750. The van der Waals surface area contributed by atoms with Crippen molar-refractivity contribution in [1.82, 2.24) is 0 Å². The number of carbonyl (C=O) groups excluding carboxylic acids is 4. The molecular formula is C71H138O17P2. The van der Waals surface area contributed by atoms with Crippen LogP contribution in [0, 0.1) is 11.8 Å². The van der Waals surface area contributed by atoms with Crippen LogP contribution in [-0.2, 0) is 65.4 Å². The molecule has 0 aromatic rings. The van der Waals surface area contributed by atoms with Gasteiger partial charge < -0.3 is 33.8 Å². The van der Waals surface area contributed by atoms with Crippen LogP contribution in [0.2, 0.25) is 0 Å². The highest BCUT2D eigenvalue weighted by Gasteiger charge is 2.30. The molecule has 2 unspecified atom stereocenters. The number of ether oxygens (including phenoxy) is 4. The normalized spacial score (nSPS) is 14.1. The molecule has 534 valence electrons. The molecule has 0 saturated carbocycles. The van der Waals surface area contributed by atoms with Crippen molar-refractivity contribution >= 4 is 39.5 Å². The van der Waals surface area contributed by atoms with Gasteiger partial charge in [0.05, 0.1) is 26.4 Å². The number of phosphoric ester groups is 2. The summed E-state index contributed by atoms with van der Waals surface area (Å²) in [5.74, 6) is -0.641. The molecular weight excluding hydrogens is 1190 g/mol. The molecule has 0 aliphatic carbocycles. The minimum Gasteiger partial charge on any atom is -0.462 e. The second kappa shape index (κ2) is 63.1. The summed E-state index contributed by atoms with van der Waals surface area (Å²) in [6.45, 7) is 9.51. The molecule has 17 nitrogen and oxygen atoms in total. The maximum atomic E-state index is 13.0. The Labute approximate surface area is 549 Å². The van der Waals surface area contributed by atoms with E-state index in [0.29, 0.717) is 31.6 Å². The van der Waals surface area contributed by atoms with Gasteiger partial charge >= 0.3 is 39.5 Å². The van der Waals surface area contributed by atoms with Crippen LogP contribution in [0.4, 0.5) is 0 Å². The first kappa shape index (κ1) is 88.1. The van der Waals surface area contributed by atoms with E-state index in [0.717, 1.165) is 95.8 Å². The van der Waals surface area contributed by atoms with Crippen molar-refractivity contribution in [2.45, 2.75) is 381 Å². The minimum atomic E-state index is -4.95. The fourth-order valence-corrected chi connectivity index (χ4v) is 12.3. The van der Waals surface area contributed by atoms with Gasteiger partial charge in [-0.3, -0.25) is 37.3 Å². The zero-order valence-corrected chi connectivity index (χ0v) is 60.2. The number of unbranched alkanes of at least 4 members (excludes halogenated alkanes) is 40. The number of hydrogen-bond acceptors (Lipinski definition) is 15. The monoisotopic (exact) mass is 1320 g/mol. The number of carbonyl (C=O) groups is 4. The lowest BCUT2D eigenvalue weighted by Gasteiger charge is -2.21. The molecule has 0 saturated heterocycles. The Balaban J connectivity index is 5.23. The van der Waals surface area contributed by atoms with Crippen molar-refractivity contribution in [3.8, 4) is 0 Å². The summed E-state index contributed by atoms with van der Waals surface area (Å²) in [5, 5.41) is 10.6. The third-order valence-corrected chi connectivity index (χ3v) is 18.4. The van der Waals surface area contributed by atoms with Crippen LogP contribution in [0.25, 0.3) is 0 Å². The van der Waals surface area contributed by atoms with Crippen LogP contribution in [0.3, 0.4) is 0 Å². The Morgan fingerprint density at radius 3 is 0.756 bits per heavy atom. The lowest BCUT2D eigenvalue weighted by atomic mass is 10.0. The molecule has 19 heteroatoms. The Morgan fingerprint density at radius 1 is 0.300 bits per heavy atom. The SMILES string of the molecule is CCCCCCCCCCCCCCCCC(=O)OC[C@H](COP(=O)(O)OC[C@@H](O)COP(=O)(O)OC[C@@H](COC(=O)CCCCCCCCCCCC)OC(=O)CCCCCCCCCC(C)C)OC(=O)CCCCCCCCCCCCCCCC(C)C. The molecule has 3 N–H and O–H groups in total. The summed E-state index contributed by atoms with van der Waals surface area (Å²) < 4.78 is 68.3. The van der Waals surface area contributed by atoms with Gasteiger partial charge in [-0.2, -0.15) is 0 Å². The van der Waals surface area contributed by atoms with Crippen LogP contribution in [0.1, 0.15) is 363 Å². The van der Waals surface area contributed by atoms with Crippen molar-refractivity contribution < 1.29 is 80.2 Å². The van der Waals surface area contributed by atoms with Crippen molar-refractivity contribution in [2.24, 2.45) is 11.8 Å². The molecule has 0 rings (SSSR count). The summed E-state index contributed by atoms with van der Waals surface area (Å²) in [6, 6.07) is 0. The molecule has 0 aliphatic rings. The zero-order valence-electron chi connectivity index (χ0n) is 58.4. The van der Waals surface area contributed by atoms with Gasteiger partial charge in [0.1, 0.15) is 19.3 Å². The van der Waals surface area contributed by atoms with Crippen LogP contribution in [-0.4, -0.2) is 96.7 Å². The highest BCUT2D eigenvalue weighted by atomic mass is 31.2. The summed E-state index contributed by atoms with van der Waals surface area (Å²) >= 11 is 0. The van der Waals surface area contributed by atoms with E-state index < -0.39 is 97.5 Å². The first-order valence-electron chi connectivity index (χ1n) is 37.0. The largest absolute Gasteiger partial charge is 0.472 e. The van der Waals surface area contributed by atoms with Gasteiger partial charge in [0.2, 0.25) is 0 Å². The van der Waals surface area contributed by atoms with Crippen molar-refractivity contribution in [1.29, 1.82) is 0 Å². The molecule has 0 radical (unpaired) electrons. The molecule has 0 amide bonds. The van der Waals surface area contributed by atoms with E-state index in [4.69, 9.17) is 37.0 Å². The number of esters is 4. The quantitative estimate of drug-likeness (QED) is 0.0222. The van der Waals surface area contributed by atoms with Gasteiger partial charge in [-0.1, -0.05) is 311 Å². The molecule has 0 fully saturated rings. The second-order valence-electron chi connectivity index (χ2n) is 26.6. The van der Waals surface area contributed by atoms with E-state index in [2.05, 4.69) is 41.5 Å². The highest BCUT2D eigenvalue weighted by molar-refractivity contribution is 7.47. The average Bonchev–Trinajstić information content (AvgIpc) is 3.62. The van der Waals surface area contributed by atoms with E-state index in [1.165, 1.54) is 180 Å². The second-order valence-corrected chi connectivity index (χ2v) is 29.5. The topological polar surface area (TPSA) is 237 Å². The number of rotatable bonds is 70. The van der Waals surface area contributed by atoms with Crippen LogP contribution in [0.15, 0.2) is 0 Å². The van der Waals surface area contributed by atoms with Crippen molar-refractivity contribution in [2.75, 3.05) is 39.6 Å². The zero-order chi connectivity index (χ0) is 66.5. The van der Waals surface area contributed by atoms with Crippen molar-refractivity contribution in [3.63, 3.8) is 0 Å². The number of aliphatic hydroxyl groups excluding tert-OH is 1. The van der Waals surface area contributed by atoms with Gasteiger partial charge in [-0.05, 0) is 37.5 Å². The third kappa shape index (κ3) is 64.8. The standard InChI is InChI=1S/C71H138O17P2/c1-7-9-11-13-15-17-19-20-23-26-30-36-42-48-54-69(74)82-59-66(87-70(75)55-49-43-37-31-27-24-21-22-25-28-33-39-45-51-63(3)4)61-85-89(77,78)83-57-65(72)58-84-90(79,80)86-62-67(88-71(76)56-50-44-38-32-34-40-46-52-64(5)6)60-81-68(73)53-47-41-35-29-18-16-14-12-10-8-2/h63-67,72H,7-62H2,1-6H3,(H,77,78)(H,79,80)/t65-,66-,67-/m1/s1. The lowest BCUT2D eigenvalue weighted by Crippen LogP contribution is -2.30. The van der Waals surface area contributed by atoms with Gasteiger partial charge in [0, 0.05) is 25.7 Å². The van der Waals surface area contributed by atoms with Crippen LogP contribution >= 0.6 is 15.6 Å². The summed E-state index contributed by atoms with van der Waals surface area (Å²) in [6.07, 6.45) is 48.6. The highest BCUT2D eigenvalue weighted by Crippen LogP contribution is 2.45. The van der Waals surface area contributed by atoms with Gasteiger partial charge in [0.25, 0.3) is 0 Å². The van der Waals surface area contributed by atoms with E-state index in [9.17, 15) is 43.2 Å². The van der Waals surface area contributed by atoms with Crippen molar-refractivity contribution in [3.05, 3.63) is 0 Å². The first-order valence-corrected chi connectivity index (χ1v) is 40.0. The molecule has 0 heterocycles. The smallest absolute Gasteiger partial charge is 0.462 e. The van der Waals surface area contributed by atoms with E-state index in [1.54, 1.807) is 0 Å². The van der Waals surface area contributed by atoms with E-state index in [1.807, 2.05) is 0 Å². The number of aliphatic hydroxyl groups is 1. The lowest BCUT2D eigenvalue weighted by molar-refractivity contribution is -0.161. The maximum absolute atomic E-state index is 13.0. The van der Waals surface area contributed by atoms with E-state index in [-0.39, 0.29) is 25.7 Å². The van der Waals surface area contributed by atoms with Gasteiger partial charge in [-0.15, -0.1) is 0 Å². The maximum Gasteiger partial charge on any atom is 0.472 e. The first-order chi connectivity index (χ1) is 43.4. The number of phosphoric acid groups is 2. The molecule has 0 aromatic carbocycles. The Hall–Kier alpha value is -1.94. The summed E-state index contributed by atoms with van der Waals surface area (Å²) in [7, 11) is -9.90. The molecule has 5 atom stereocenters. The van der Waals surface area contributed by atoms with Gasteiger partial charge in [0.15, 0.2) is 12.2 Å². The Kier molecular flexibility index (Phi) is 61.8. The molecule has 90 heavy (non-hydrogen) atoms. The predicted molar refractivity (Wildman–Crippen MR) is 363 cm³/mol. The Morgan fingerprint density at radius 2 is 0.511 bits per heavy atom. The third-order valence-electron chi connectivity index (χ3n) is 16.5. The number of hydrogen-bond donors (Lipinski definition) is 3. The predicted octanol–water partition coefficient (Wildman–Crippen LogP) is 20.4. The van der Waals surface area contributed by atoms with Gasteiger partial charge in [-0.25, -0.2) is 9.13 Å². The molecule has 0 spiro atoms. The molecule has 0 aliphatic heterocycles. The molecule has 0 aromatic heterocycles. The van der Waals surface area contributed by atoms with Crippen LogP contribution in [0.5, 0.6) is 0 Å². The van der Waals surface area contributed by atoms with Crippen LogP contribution < -0.4 is 0 Å². The molecule has 0 bridgehead atoms. The fourth-order valence-electron chi connectivity index (χ4n) is 10.8. The summed E-state index contributed by atoms with van der Waals surface area (Å²) in [4.78, 5) is 72.5. The average molecular weight is 1330 g/mol. The minimum absolute atomic E-state index is 0.104. The summed E-state index contributed by atoms with van der Waals surface area (Å²) in [5.41, 5.74) is 0. The fraction of sp³-hybridized carbons (Fsp3) is 0.944. The van der Waals surface area contributed by atoms with E-state index >= 15 is 0 Å².